The van der Waals surface area contributed by atoms with Crippen LogP contribution in [0.5, 0.6) is 5.75 Å². The summed E-state index contributed by atoms with van der Waals surface area (Å²) in [5.74, 6) is -0.484. The van der Waals surface area contributed by atoms with Crippen molar-refractivity contribution in [3.05, 3.63) is 23.8 Å². The topological polar surface area (TPSA) is 64.3 Å². The van der Waals surface area contributed by atoms with Crippen LogP contribution < -0.4 is 15.8 Å². The molecule has 4 nitrogen and oxygen atoms in total. The van der Waals surface area contributed by atoms with Crippen molar-refractivity contribution in [3.8, 4) is 5.75 Å². The number of alkyl halides is 3. The van der Waals surface area contributed by atoms with E-state index in [9.17, 15) is 18.0 Å². The van der Waals surface area contributed by atoms with Gasteiger partial charge in [-0.2, -0.15) is 13.2 Å². The highest BCUT2D eigenvalue weighted by Gasteiger charge is 2.64. The zero-order valence-corrected chi connectivity index (χ0v) is 10.2. The Morgan fingerprint density at radius 1 is 1.37 bits per heavy atom. The average molecular weight is 274 g/mol. The van der Waals surface area contributed by atoms with Crippen LogP contribution in [0.2, 0.25) is 0 Å². The lowest BCUT2D eigenvalue weighted by molar-refractivity contribution is -0.163. The number of nitrogen functional groups attached to an aromatic ring is 1. The minimum atomic E-state index is -4.44. The molecule has 0 saturated heterocycles. The van der Waals surface area contributed by atoms with Gasteiger partial charge < -0.3 is 15.8 Å². The normalized spacial score (nSPS) is 16.8. The van der Waals surface area contributed by atoms with Gasteiger partial charge >= 0.3 is 6.18 Å². The van der Waals surface area contributed by atoms with E-state index in [2.05, 4.69) is 0 Å². The second-order valence-corrected chi connectivity index (χ2v) is 4.53. The Balaban J connectivity index is 2.19. The predicted octanol–water partition coefficient (Wildman–Crippen LogP) is 2.10. The van der Waals surface area contributed by atoms with Crippen molar-refractivity contribution >= 4 is 11.6 Å². The molecule has 104 valence electrons. The van der Waals surface area contributed by atoms with Crippen molar-refractivity contribution in [3.63, 3.8) is 0 Å². The average Bonchev–Trinajstić information content (AvgIpc) is 3.08. The van der Waals surface area contributed by atoms with Crippen molar-refractivity contribution in [2.45, 2.75) is 24.6 Å². The molecule has 0 aromatic heterocycles. The Kier molecular flexibility index (Phi) is 3.07. The highest BCUT2D eigenvalue weighted by atomic mass is 19.4. The van der Waals surface area contributed by atoms with Gasteiger partial charge in [0.25, 0.3) is 5.91 Å². The van der Waals surface area contributed by atoms with E-state index < -0.39 is 17.6 Å². The number of hydrogen-bond acceptors (Lipinski definition) is 3. The van der Waals surface area contributed by atoms with E-state index in [1.807, 2.05) is 5.32 Å². The van der Waals surface area contributed by atoms with Crippen LogP contribution in [0, 0.1) is 0 Å². The Labute approximate surface area is 107 Å². The third kappa shape index (κ3) is 2.59. The van der Waals surface area contributed by atoms with E-state index in [-0.39, 0.29) is 24.1 Å². The summed E-state index contributed by atoms with van der Waals surface area (Å²) in [6.07, 6.45) is -4.63. The van der Waals surface area contributed by atoms with Crippen LogP contribution in [0.25, 0.3) is 0 Å². The number of amides is 1. The number of ether oxygens (including phenoxy) is 1. The smallest absolute Gasteiger partial charge is 0.411 e. The molecule has 19 heavy (non-hydrogen) atoms. The lowest BCUT2D eigenvalue weighted by atomic mass is 10.1. The molecule has 1 amide bonds. The van der Waals surface area contributed by atoms with Gasteiger partial charge in [-0.05, 0) is 25.0 Å². The molecule has 0 heterocycles. The summed E-state index contributed by atoms with van der Waals surface area (Å²) < 4.78 is 43.1. The second kappa shape index (κ2) is 4.32. The van der Waals surface area contributed by atoms with Crippen LogP contribution in [0.4, 0.5) is 18.9 Å². The summed E-state index contributed by atoms with van der Waals surface area (Å²) >= 11 is 0. The molecule has 0 spiro atoms. The van der Waals surface area contributed by atoms with Crippen molar-refractivity contribution in [1.29, 1.82) is 0 Å². The Morgan fingerprint density at radius 2 is 2.00 bits per heavy atom. The summed E-state index contributed by atoms with van der Waals surface area (Å²) in [5, 5.41) is 2.03. The van der Waals surface area contributed by atoms with Crippen LogP contribution in [0.15, 0.2) is 18.2 Å². The number of benzene rings is 1. The van der Waals surface area contributed by atoms with Gasteiger partial charge in [0.05, 0.1) is 7.11 Å². The van der Waals surface area contributed by atoms with Gasteiger partial charge in [-0.15, -0.1) is 0 Å². The third-order valence-electron chi connectivity index (χ3n) is 3.07. The van der Waals surface area contributed by atoms with E-state index in [0.717, 1.165) is 0 Å². The fourth-order valence-corrected chi connectivity index (χ4v) is 1.76. The molecule has 1 aromatic carbocycles. The molecule has 1 aliphatic carbocycles. The number of hydrogen-bond donors (Lipinski definition) is 2. The Morgan fingerprint density at radius 3 is 2.47 bits per heavy atom. The highest BCUT2D eigenvalue weighted by molar-refractivity contribution is 5.96. The van der Waals surface area contributed by atoms with Gasteiger partial charge in [-0.1, -0.05) is 0 Å². The fraction of sp³-hybridized carbons (Fsp3) is 0.417. The third-order valence-corrected chi connectivity index (χ3v) is 3.07. The van der Waals surface area contributed by atoms with Gasteiger partial charge in [0.1, 0.15) is 11.3 Å². The zero-order chi connectivity index (χ0) is 14.3. The molecule has 2 rings (SSSR count). The number of rotatable bonds is 3. The molecule has 1 aliphatic rings. The minimum absolute atomic E-state index is 0.0485. The lowest BCUT2D eigenvalue weighted by Gasteiger charge is -2.20. The van der Waals surface area contributed by atoms with Crippen LogP contribution in [-0.4, -0.2) is 24.7 Å². The summed E-state index contributed by atoms with van der Waals surface area (Å²) in [4.78, 5) is 11.8. The summed E-state index contributed by atoms with van der Waals surface area (Å²) in [7, 11) is 1.38. The molecule has 0 aliphatic heterocycles. The summed E-state index contributed by atoms with van der Waals surface area (Å²) in [6, 6.07) is 4.13. The van der Waals surface area contributed by atoms with Gasteiger partial charge in [-0.3, -0.25) is 4.79 Å². The van der Waals surface area contributed by atoms with Gasteiger partial charge in [0.15, 0.2) is 0 Å². The van der Waals surface area contributed by atoms with Crippen LogP contribution >= 0.6 is 0 Å². The number of methoxy groups -OCH3 is 1. The maximum atomic E-state index is 12.7. The van der Waals surface area contributed by atoms with Crippen molar-refractivity contribution in [1.82, 2.24) is 5.32 Å². The maximum Gasteiger partial charge on any atom is 0.411 e. The molecule has 7 heteroatoms. The maximum absolute atomic E-state index is 12.7. The molecule has 1 saturated carbocycles. The first-order valence-corrected chi connectivity index (χ1v) is 5.61. The zero-order valence-electron chi connectivity index (χ0n) is 10.2. The number of nitrogens with one attached hydrogen (secondary N) is 1. The highest BCUT2D eigenvalue weighted by Crippen LogP contribution is 2.49. The van der Waals surface area contributed by atoms with Crippen LogP contribution in [0.1, 0.15) is 23.2 Å². The molecule has 1 aromatic rings. The van der Waals surface area contributed by atoms with E-state index in [1.165, 1.54) is 25.3 Å². The van der Waals surface area contributed by atoms with Crippen molar-refractivity contribution in [2.24, 2.45) is 0 Å². The first kappa shape index (κ1) is 13.5. The van der Waals surface area contributed by atoms with E-state index in [4.69, 9.17) is 10.5 Å². The molecular formula is C12H13F3N2O2. The van der Waals surface area contributed by atoms with E-state index in [1.54, 1.807) is 0 Å². The molecule has 0 bridgehead atoms. The summed E-state index contributed by atoms with van der Waals surface area (Å²) in [6.45, 7) is 0. The number of nitrogens with two attached hydrogens (primary N) is 1. The summed E-state index contributed by atoms with van der Waals surface area (Å²) in [5.41, 5.74) is 3.77. The fourth-order valence-electron chi connectivity index (χ4n) is 1.76. The van der Waals surface area contributed by atoms with Crippen LogP contribution in [0.3, 0.4) is 0 Å². The minimum Gasteiger partial charge on any atom is -0.497 e. The predicted molar refractivity (Wildman–Crippen MR) is 62.9 cm³/mol. The Hall–Kier alpha value is -1.92. The molecule has 1 fully saturated rings. The molecule has 0 atom stereocenters. The standard InChI is InChI=1S/C12H13F3N2O2/c1-19-9-5-7(4-8(16)6-9)10(18)17-11(2-3-11)12(13,14)15/h4-6H,2-3,16H2,1H3,(H,17,18). The van der Waals surface area contributed by atoms with Gasteiger partial charge in [-0.25, -0.2) is 0 Å². The second-order valence-electron chi connectivity index (χ2n) is 4.53. The lowest BCUT2D eigenvalue weighted by Crippen LogP contribution is -2.47. The monoisotopic (exact) mass is 274 g/mol. The molecule has 0 unspecified atom stereocenters. The van der Waals surface area contributed by atoms with E-state index in [0.29, 0.717) is 5.75 Å². The first-order chi connectivity index (χ1) is 8.77. The number of anilines is 1. The van der Waals surface area contributed by atoms with Crippen LogP contribution in [-0.2, 0) is 0 Å². The quantitative estimate of drug-likeness (QED) is 0.830. The van der Waals surface area contributed by atoms with Crippen molar-refractivity contribution < 1.29 is 22.7 Å². The number of halogens is 3. The molecular weight excluding hydrogens is 261 g/mol. The molecule has 3 N–H and O–H groups in total. The van der Waals surface area contributed by atoms with Gasteiger partial charge in [0, 0.05) is 17.3 Å². The number of carbonyl (C=O) groups excluding carboxylic acids is 1. The van der Waals surface area contributed by atoms with E-state index >= 15 is 0 Å². The van der Waals surface area contributed by atoms with Gasteiger partial charge in [0.2, 0.25) is 0 Å². The molecule has 0 radical (unpaired) electrons. The van der Waals surface area contributed by atoms with Crippen molar-refractivity contribution in [2.75, 3.05) is 12.8 Å². The first-order valence-electron chi connectivity index (χ1n) is 5.61. The SMILES string of the molecule is COc1cc(N)cc(C(=O)NC2(C(F)(F)F)CC2)c1. The number of carbonyl (C=O) groups is 1. The Bertz CT molecular complexity index is 510. The largest absolute Gasteiger partial charge is 0.497 e.